The average molecular weight is 447 g/mol. The minimum absolute atomic E-state index is 0.00813. The Labute approximate surface area is 190 Å². The normalized spacial score (nSPS) is 10.4. The molecule has 5 nitrogen and oxygen atoms in total. The van der Waals surface area contributed by atoms with Crippen LogP contribution in [-0.4, -0.2) is 16.5 Å². The van der Waals surface area contributed by atoms with Gasteiger partial charge in [-0.1, -0.05) is 41.6 Å². The molecular weight excluding hydrogens is 428 g/mol. The van der Waals surface area contributed by atoms with Gasteiger partial charge in [0.25, 0.3) is 0 Å². The van der Waals surface area contributed by atoms with Crippen molar-refractivity contribution in [1.29, 1.82) is 10.5 Å². The highest BCUT2D eigenvalue weighted by molar-refractivity contribution is 8.00. The number of pyridine rings is 1. The van der Waals surface area contributed by atoms with Gasteiger partial charge in [-0.15, -0.1) is 0 Å². The van der Waals surface area contributed by atoms with Gasteiger partial charge in [-0.2, -0.15) is 10.5 Å². The molecule has 0 amide bonds. The Morgan fingerprint density at radius 2 is 1.74 bits per heavy atom. The molecule has 1 heterocycles. The third-order valence-corrected chi connectivity index (χ3v) is 6.22. The highest BCUT2D eigenvalue weighted by atomic mass is 35.5. The minimum atomic E-state index is -0.0662. The van der Waals surface area contributed by atoms with E-state index in [2.05, 4.69) is 11.1 Å². The lowest BCUT2D eigenvalue weighted by atomic mass is 9.97. The molecular formula is C24H19ClN4OS. The van der Waals surface area contributed by atoms with Crippen LogP contribution in [0.4, 0.5) is 5.82 Å². The van der Waals surface area contributed by atoms with E-state index in [4.69, 9.17) is 17.3 Å². The molecule has 0 saturated heterocycles. The first-order chi connectivity index (χ1) is 14.8. The Bertz CT molecular complexity index is 1290. The second-order valence-electron chi connectivity index (χ2n) is 7.12. The molecule has 0 unspecified atom stereocenters. The highest BCUT2D eigenvalue weighted by Crippen LogP contribution is 2.36. The summed E-state index contributed by atoms with van der Waals surface area (Å²) < 4.78 is 0. The van der Waals surface area contributed by atoms with Crippen LogP contribution >= 0.6 is 23.4 Å². The number of hydrogen-bond acceptors (Lipinski definition) is 6. The van der Waals surface area contributed by atoms with Crippen molar-refractivity contribution in [1.82, 2.24) is 4.98 Å². The zero-order chi connectivity index (χ0) is 22.7. The molecule has 2 N–H and O–H groups in total. The fourth-order valence-corrected chi connectivity index (χ4v) is 4.38. The van der Waals surface area contributed by atoms with Crippen LogP contribution in [0.1, 0.15) is 38.2 Å². The lowest BCUT2D eigenvalue weighted by Crippen LogP contribution is -2.08. The zero-order valence-corrected chi connectivity index (χ0v) is 18.9. The molecule has 0 aliphatic heterocycles. The number of ketones is 1. The van der Waals surface area contributed by atoms with E-state index >= 15 is 0 Å². The summed E-state index contributed by atoms with van der Waals surface area (Å²) >= 11 is 7.25. The number of halogens is 1. The van der Waals surface area contributed by atoms with Gasteiger partial charge >= 0.3 is 0 Å². The Balaban J connectivity index is 2.03. The maximum absolute atomic E-state index is 12.9. The Morgan fingerprint density at radius 1 is 1.06 bits per heavy atom. The fourth-order valence-electron chi connectivity index (χ4n) is 3.31. The lowest BCUT2D eigenvalue weighted by molar-refractivity contribution is 0.102. The number of carbonyl (C=O) groups excluding carboxylic acids is 1. The summed E-state index contributed by atoms with van der Waals surface area (Å²) in [5, 5.41) is 20.3. The Morgan fingerprint density at radius 3 is 2.39 bits per heavy atom. The first-order valence-corrected chi connectivity index (χ1v) is 10.8. The summed E-state index contributed by atoms with van der Waals surface area (Å²) in [5.41, 5.74) is 11.0. The second kappa shape index (κ2) is 9.22. The van der Waals surface area contributed by atoms with E-state index < -0.39 is 0 Å². The van der Waals surface area contributed by atoms with Crippen LogP contribution in [0.2, 0.25) is 5.02 Å². The first kappa shape index (κ1) is 22.4. The van der Waals surface area contributed by atoms with Crippen molar-refractivity contribution in [2.75, 3.05) is 11.5 Å². The van der Waals surface area contributed by atoms with Gasteiger partial charge in [-0.05, 0) is 61.2 Å². The Kier molecular flexibility index (Phi) is 6.65. The van der Waals surface area contributed by atoms with Crippen molar-refractivity contribution in [2.24, 2.45) is 0 Å². The zero-order valence-electron chi connectivity index (χ0n) is 17.3. The summed E-state index contributed by atoms with van der Waals surface area (Å²) in [6.07, 6.45) is 0. The number of rotatable bonds is 5. The van der Waals surface area contributed by atoms with E-state index in [1.54, 1.807) is 24.3 Å². The van der Waals surface area contributed by atoms with Crippen molar-refractivity contribution in [3.05, 3.63) is 74.8 Å². The molecule has 0 radical (unpaired) electrons. The monoisotopic (exact) mass is 446 g/mol. The third-order valence-electron chi connectivity index (χ3n) is 5.01. The molecule has 0 fully saturated rings. The minimum Gasteiger partial charge on any atom is -0.383 e. The fraction of sp³-hybridized carbons (Fsp3) is 0.167. The van der Waals surface area contributed by atoms with E-state index in [0.717, 1.165) is 28.5 Å². The number of nitrogens with two attached hydrogens (primary N) is 1. The van der Waals surface area contributed by atoms with E-state index in [0.29, 0.717) is 26.7 Å². The molecule has 7 heteroatoms. The number of thioether (sulfide) groups is 1. The number of benzene rings is 2. The summed E-state index contributed by atoms with van der Waals surface area (Å²) in [6.45, 7) is 5.87. The van der Waals surface area contributed by atoms with E-state index in [1.807, 2.05) is 39.0 Å². The molecule has 2 aromatic carbocycles. The largest absolute Gasteiger partial charge is 0.383 e. The number of carbonyl (C=O) groups is 1. The SMILES string of the molecule is Cc1cc(C)c(C(=O)CSc2nc(N)c(C#N)c(-c3cccc(Cl)c3)c2C#N)cc1C. The standard InChI is InChI=1S/C24H19ClN4OS/c1-13-7-15(3)18(8-14(13)2)21(30)12-31-24-20(11-27)22(19(10-26)23(28)29-24)16-5-4-6-17(25)9-16/h4-9H,12H2,1-3H3,(H2,28,29). The van der Waals surface area contributed by atoms with E-state index in [-0.39, 0.29) is 28.5 Å². The van der Waals surface area contributed by atoms with Gasteiger partial charge in [-0.3, -0.25) is 4.79 Å². The molecule has 3 rings (SSSR count). The molecule has 154 valence electrons. The van der Waals surface area contributed by atoms with Crippen LogP contribution in [0.5, 0.6) is 0 Å². The topological polar surface area (TPSA) is 104 Å². The van der Waals surface area contributed by atoms with Gasteiger partial charge in [0.1, 0.15) is 28.5 Å². The highest BCUT2D eigenvalue weighted by Gasteiger charge is 2.22. The molecule has 0 spiro atoms. The number of anilines is 1. The van der Waals surface area contributed by atoms with Crippen molar-refractivity contribution in [2.45, 2.75) is 25.8 Å². The van der Waals surface area contributed by atoms with Crippen molar-refractivity contribution in [3.8, 4) is 23.3 Å². The summed E-state index contributed by atoms with van der Waals surface area (Å²) in [6, 6.07) is 14.9. The third kappa shape index (κ3) is 4.56. The number of aromatic nitrogens is 1. The first-order valence-electron chi connectivity index (χ1n) is 9.40. The molecule has 31 heavy (non-hydrogen) atoms. The number of nitriles is 2. The van der Waals surface area contributed by atoms with E-state index in [1.165, 1.54) is 0 Å². The van der Waals surface area contributed by atoms with Gasteiger partial charge < -0.3 is 5.73 Å². The van der Waals surface area contributed by atoms with Crippen LogP contribution in [-0.2, 0) is 0 Å². The number of nitrogens with zero attached hydrogens (tertiary/aromatic N) is 3. The predicted molar refractivity (Wildman–Crippen MR) is 124 cm³/mol. The van der Waals surface area contributed by atoms with Crippen molar-refractivity contribution < 1.29 is 4.79 Å². The van der Waals surface area contributed by atoms with E-state index in [9.17, 15) is 15.3 Å². The van der Waals surface area contributed by atoms with Crippen LogP contribution in [0.25, 0.3) is 11.1 Å². The number of Topliss-reactive ketones (excluding diaryl/α,β-unsaturated/α-hetero) is 1. The van der Waals surface area contributed by atoms with Crippen LogP contribution in [0.15, 0.2) is 41.4 Å². The van der Waals surface area contributed by atoms with Crippen LogP contribution in [0, 0.1) is 43.4 Å². The number of nitrogen functional groups attached to an aromatic ring is 1. The van der Waals surface area contributed by atoms with Gasteiger partial charge in [0.2, 0.25) is 0 Å². The molecule has 0 bridgehead atoms. The van der Waals surface area contributed by atoms with Crippen molar-refractivity contribution in [3.63, 3.8) is 0 Å². The number of aryl methyl sites for hydroxylation is 3. The average Bonchev–Trinajstić information content (AvgIpc) is 2.73. The van der Waals surface area contributed by atoms with Gasteiger partial charge in [0.05, 0.1) is 11.3 Å². The number of hydrogen-bond donors (Lipinski definition) is 1. The second-order valence-corrected chi connectivity index (χ2v) is 8.52. The molecule has 0 aliphatic rings. The van der Waals surface area contributed by atoms with Crippen LogP contribution < -0.4 is 5.73 Å². The summed E-state index contributed by atoms with van der Waals surface area (Å²) in [7, 11) is 0. The molecule has 0 aliphatic carbocycles. The molecule has 1 aromatic heterocycles. The quantitative estimate of drug-likeness (QED) is 0.402. The molecule has 3 aromatic rings. The lowest BCUT2D eigenvalue weighted by Gasteiger charge is -2.13. The van der Waals surface area contributed by atoms with Gasteiger partial charge in [-0.25, -0.2) is 4.98 Å². The molecule has 0 saturated carbocycles. The van der Waals surface area contributed by atoms with Gasteiger partial charge in [0, 0.05) is 16.1 Å². The summed E-state index contributed by atoms with van der Waals surface area (Å²) in [5.74, 6) is 0.0306. The Hall–Kier alpha value is -3.32. The van der Waals surface area contributed by atoms with Gasteiger partial charge in [0.15, 0.2) is 5.78 Å². The van der Waals surface area contributed by atoms with Crippen molar-refractivity contribution >= 4 is 35.0 Å². The maximum Gasteiger partial charge on any atom is 0.173 e. The summed E-state index contributed by atoms with van der Waals surface area (Å²) in [4.78, 5) is 17.1. The smallest absolute Gasteiger partial charge is 0.173 e. The predicted octanol–water partition coefficient (Wildman–Crippen LogP) is 5.63. The maximum atomic E-state index is 12.9. The van der Waals surface area contributed by atoms with Crippen LogP contribution in [0.3, 0.4) is 0 Å². The molecule has 0 atom stereocenters.